The molecule has 0 bridgehead atoms. The number of benzene rings is 1. The zero-order valence-corrected chi connectivity index (χ0v) is 18.1. The van der Waals surface area contributed by atoms with Gasteiger partial charge in [-0.25, -0.2) is 4.98 Å². The lowest BCUT2D eigenvalue weighted by Gasteiger charge is -2.40. The van der Waals surface area contributed by atoms with Crippen LogP contribution >= 0.6 is 0 Å². The van der Waals surface area contributed by atoms with Gasteiger partial charge in [-0.15, -0.1) is 0 Å². The third-order valence-corrected chi connectivity index (χ3v) is 5.38. The number of primary amides is 1. The average molecular weight is 412 g/mol. The van der Waals surface area contributed by atoms with E-state index < -0.39 is 5.91 Å². The van der Waals surface area contributed by atoms with E-state index in [-0.39, 0.29) is 11.9 Å². The molecule has 0 fully saturated rings. The van der Waals surface area contributed by atoms with Gasteiger partial charge in [-0.1, -0.05) is 13.8 Å². The van der Waals surface area contributed by atoms with Crippen LogP contribution in [0.25, 0.3) is 0 Å². The summed E-state index contributed by atoms with van der Waals surface area (Å²) in [6.45, 7) is 7.06. The van der Waals surface area contributed by atoms with Crippen LogP contribution in [0.3, 0.4) is 0 Å². The molecule has 0 spiro atoms. The number of fused-ring (bicyclic) bond motifs is 1. The molecule has 1 unspecified atom stereocenters. The van der Waals surface area contributed by atoms with Gasteiger partial charge in [-0.05, 0) is 37.5 Å². The second-order valence-electron chi connectivity index (χ2n) is 7.91. The molecule has 1 aromatic carbocycles. The Morgan fingerprint density at radius 2 is 2.03 bits per heavy atom. The number of ether oxygens (including phenoxy) is 1. The van der Waals surface area contributed by atoms with E-state index in [1.807, 2.05) is 13.0 Å². The molecule has 8 nitrogen and oxygen atoms in total. The number of hydrogen-bond donors (Lipinski definition) is 2. The van der Waals surface area contributed by atoms with Crippen molar-refractivity contribution in [1.29, 1.82) is 0 Å². The van der Waals surface area contributed by atoms with Crippen LogP contribution < -0.4 is 25.6 Å². The quantitative estimate of drug-likeness (QED) is 0.726. The van der Waals surface area contributed by atoms with E-state index in [1.165, 1.54) is 7.11 Å². The normalized spacial score (nSPS) is 15.9. The molecule has 0 saturated heterocycles. The molecule has 2 aromatic rings. The number of nitrogens with zero attached hydrogens (tertiary/aromatic N) is 3. The van der Waals surface area contributed by atoms with Crippen LogP contribution in [0.1, 0.15) is 37.6 Å². The van der Waals surface area contributed by atoms with Crippen molar-refractivity contribution in [1.82, 2.24) is 4.98 Å². The molecule has 1 aliphatic heterocycles. The predicted octanol–water partition coefficient (Wildman–Crippen LogP) is 3.15. The molecule has 1 aromatic heterocycles. The molecule has 2 amide bonds. The van der Waals surface area contributed by atoms with Crippen LogP contribution in [0, 0.1) is 5.92 Å². The van der Waals surface area contributed by atoms with Crippen molar-refractivity contribution in [2.24, 2.45) is 11.7 Å². The van der Waals surface area contributed by atoms with Crippen LogP contribution in [0.5, 0.6) is 5.75 Å². The van der Waals surface area contributed by atoms with Crippen LogP contribution in [0.4, 0.5) is 22.9 Å². The number of amides is 2. The smallest absolute Gasteiger partial charge is 0.249 e. The van der Waals surface area contributed by atoms with Crippen LogP contribution in [0.15, 0.2) is 30.5 Å². The van der Waals surface area contributed by atoms with Crippen molar-refractivity contribution < 1.29 is 14.3 Å². The summed E-state index contributed by atoms with van der Waals surface area (Å²) in [5.41, 5.74) is 8.12. The number of likely N-dealkylation sites (N-methyl/N-ethyl adjacent to an activating group) is 1. The lowest BCUT2D eigenvalue weighted by atomic mass is 10.1. The van der Waals surface area contributed by atoms with Crippen molar-refractivity contribution >= 4 is 34.7 Å². The van der Waals surface area contributed by atoms with Crippen molar-refractivity contribution in [3.8, 4) is 5.75 Å². The van der Waals surface area contributed by atoms with E-state index in [0.29, 0.717) is 28.7 Å². The maximum absolute atomic E-state index is 12.7. The Kier molecular flexibility index (Phi) is 6.14. The Morgan fingerprint density at radius 1 is 1.30 bits per heavy atom. The Bertz CT molecular complexity index is 960. The van der Waals surface area contributed by atoms with Gasteiger partial charge in [0.1, 0.15) is 17.6 Å². The molecule has 30 heavy (non-hydrogen) atoms. The zero-order valence-electron chi connectivity index (χ0n) is 18.1. The van der Waals surface area contributed by atoms with E-state index in [1.54, 1.807) is 36.3 Å². The number of methoxy groups -OCH3 is 1. The number of nitrogens with one attached hydrogen (secondary N) is 1. The number of anilines is 4. The van der Waals surface area contributed by atoms with Gasteiger partial charge in [0.2, 0.25) is 11.8 Å². The minimum atomic E-state index is -0.519. The third kappa shape index (κ3) is 4.17. The van der Waals surface area contributed by atoms with Gasteiger partial charge in [0.15, 0.2) is 0 Å². The highest BCUT2D eigenvalue weighted by atomic mass is 16.5. The van der Waals surface area contributed by atoms with Gasteiger partial charge in [-0.3, -0.25) is 9.59 Å². The van der Waals surface area contributed by atoms with Gasteiger partial charge in [0.05, 0.1) is 30.4 Å². The highest BCUT2D eigenvalue weighted by molar-refractivity contribution is 6.05. The van der Waals surface area contributed by atoms with Crippen LogP contribution in [-0.4, -0.2) is 43.5 Å². The molecule has 1 aliphatic rings. The van der Waals surface area contributed by atoms with Crippen molar-refractivity contribution in [2.75, 3.05) is 35.8 Å². The Balaban J connectivity index is 1.96. The average Bonchev–Trinajstić information content (AvgIpc) is 2.72. The van der Waals surface area contributed by atoms with Gasteiger partial charge in [-0.2, -0.15) is 0 Å². The number of carbonyl (C=O) groups is 2. The lowest BCUT2D eigenvalue weighted by Crippen LogP contribution is -2.51. The fourth-order valence-electron chi connectivity index (χ4n) is 3.53. The van der Waals surface area contributed by atoms with E-state index in [4.69, 9.17) is 10.5 Å². The van der Waals surface area contributed by atoms with Crippen molar-refractivity contribution in [2.45, 2.75) is 33.2 Å². The molecule has 8 heteroatoms. The zero-order chi connectivity index (χ0) is 22.0. The Labute approximate surface area is 177 Å². The van der Waals surface area contributed by atoms with E-state index >= 15 is 0 Å². The molecule has 0 saturated carbocycles. The fourth-order valence-corrected chi connectivity index (χ4v) is 3.53. The van der Waals surface area contributed by atoms with E-state index in [0.717, 1.165) is 24.3 Å². The van der Waals surface area contributed by atoms with Gasteiger partial charge in [0, 0.05) is 25.2 Å². The maximum Gasteiger partial charge on any atom is 0.249 e. The molecule has 0 radical (unpaired) electrons. The molecule has 0 aliphatic carbocycles. The second-order valence-corrected chi connectivity index (χ2v) is 7.91. The Hall–Kier alpha value is -3.29. The molecular formula is C22H29N5O3. The fraction of sp³-hybridized carbons (Fsp3) is 0.409. The summed E-state index contributed by atoms with van der Waals surface area (Å²) in [6, 6.07) is 6.65. The maximum atomic E-state index is 12.7. The molecular weight excluding hydrogens is 382 g/mol. The first-order valence-electron chi connectivity index (χ1n) is 10.0. The number of aromatic nitrogens is 1. The van der Waals surface area contributed by atoms with Crippen LogP contribution in [-0.2, 0) is 4.79 Å². The molecule has 2 heterocycles. The summed E-state index contributed by atoms with van der Waals surface area (Å²) < 4.78 is 5.39. The summed E-state index contributed by atoms with van der Waals surface area (Å²) >= 11 is 0. The first-order chi connectivity index (χ1) is 14.2. The monoisotopic (exact) mass is 411 g/mol. The molecule has 3 N–H and O–H groups in total. The highest BCUT2D eigenvalue weighted by Gasteiger charge is 2.34. The largest absolute Gasteiger partial charge is 0.495 e. The molecule has 1 atom stereocenters. The summed E-state index contributed by atoms with van der Waals surface area (Å²) in [5.74, 6) is 1.17. The minimum Gasteiger partial charge on any atom is -0.495 e. The number of hydrogen-bond acceptors (Lipinski definition) is 6. The van der Waals surface area contributed by atoms with Crippen LogP contribution in [0.2, 0.25) is 0 Å². The first kappa shape index (κ1) is 21.4. The second kappa shape index (κ2) is 8.61. The Morgan fingerprint density at radius 3 is 2.67 bits per heavy atom. The number of nitrogens with two attached hydrogens (primary N) is 1. The third-order valence-electron chi connectivity index (χ3n) is 5.38. The topological polar surface area (TPSA) is 101 Å². The summed E-state index contributed by atoms with van der Waals surface area (Å²) in [5, 5.41) is 3.25. The molecule has 160 valence electrons. The lowest BCUT2D eigenvalue weighted by molar-refractivity contribution is -0.119. The number of pyridine rings is 1. The molecule has 3 rings (SSSR count). The van der Waals surface area contributed by atoms with Crippen molar-refractivity contribution in [3.05, 3.63) is 36.0 Å². The van der Waals surface area contributed by atoms with Gasteiger partial charge >= 0.3 is 0 Å². The van der Waals surface area contributed by atoms with E-state index in [2.05, 4.69) is 29.0 Å². The number of carbonyl (C=O) groups excluding carboxylic acids is 2. The summed E-state index contributed by atoms with van der Waals surface area (Å²) in [4.78, 5) is 32.4. The minimum absolute atomic E-state index is 0.0532. The summed E-state index contributed by atoms with van der Waals surface area (Å²) in [6.07, 6.45) is 2.68. The van der Waals surface area contributed by atoms with Crippen molar-refractivity contribution in [3.63, 3.8) is 0 Å². The first-order valence-corrected chi connectivity index (χ1v) is 10.0. The SMILES string of the molecule is COc1cc(C(N)=O)ccc1Nc1cc2c(cn1)N(C)C(=O)C(C)N2CCC(C)C. The van der Waals surface area contributed by atoms with Gasteiger partial charge < -0.3 is 25.6 Å². The summed E-state index contributed by atoms with van der Waals surface area (Å²) in [7, 11) is 3.30. The standard InChI is InChI=1S/C22H29N5O3/c1-13(2)8-9-27-14(3)22(29)26(4)18-12-24-20(11-17(18)27)25-16-7-6-15(21(23)28)10-19(16)30-5/h6-7,10-14H,8-9H2,1-5H3,(H2,23,28)(H,24,25). The van der Waals surface area contributed by atoms with Gasteiger partial charge in [0.25, 0.3) is 0 Å². The highest BCUT2D eigenvalue weighted by Crippen LogP contribution is 2.38. The predicted molar refractivity (Wildman–Crippen MR) is 119 cm³/mol. The van der Waals surface area contributed by atoms with E-state index in [9.17, 15) is 9.59 Å². The number of rotatable bonds is 7.